The summed E-state index contributed by atoms with van der Waals surface area (Å²) in [6.45, 7) is 6.88. The van der Waals surface area contributed by atoms with E-state index in [1.807, 2.05) is 20.8 Å². The number of anilines is 1. The molecule has 0 aliphatic rings. The van der Waals surface area contributed by atoms with Gasteiger partial charge in [0.1, 0.15) is 5.69 Å². The fourth-order valence-electron chi connectivity index (χ4n) is 3.38. The molecule has 0 saturated carbocycles. The summed E-state index contributed by atoms with van der Waals surface area (Å²) in [7, 11) is -3.84. The smallest absolute Gasteiger partial charge is 0.264 e. The van der Waals surface area contributed by atoms with E-state index in [1.54, 1.807) is 54.7 Å². The van der Waals surface area contributed by atoms with Crippen LogP contribution in [0.1, 0.15) is 45.6 Å². The molecule has 0 amide bonds. The minimum atomic E-state index is -3.84. The van der Waals surface area contributed by atoms with Crippen molar-refractivity contribution in [3.8, 4) is 5.69 Å². The summed E-state index contributed by atoms with van der Waals surface area (Å²) in [6, 6.07) is 13.4. The molecule has 0 saturated heterocycles. The highest BCUT2D eigenvalue weighted by atomic mass is 35.5. The van der Waals surface area contributed by atoms with Gasteiger partial charge in [0.05, 0.1) is 22.5 Å². The first-order chi connectivity index (χ1) is 15.9. The Morgan fingerprint density at radius 2 is 1.76 bits per heavy atom. The number of halogens is 1. The number of unbranched alkanes of at least 4 members (excludes halogenated alkanes) is 1. The summed E-state index contributed by atoms with van der Waals surface area (Å²) < 4.78 is 41.7. The topological polar surface area (TPSA) is 86.6 Å². The Morgan fingerprint density at radius 3 is 2.39 bits per heavy atom. The Morgan fingerprint density at radius 1 is 1.06 bits per heavy atom. The minimum Gasteiger partial charge on any atom is -0.347 e. The second kappa shape index (κ2) is 11.6. The third kappa shape index (κ3) is 5.73. The van der Waals surface area contributed by atoms with Gasteiger partial charge in [-0.3, -0.25) is 4.31 Å². The van der Waals surface area contributed by atoms with Crippen LogP contribution in [0.4, 0.5) is 5.69 Å². The van der Waals surface area contributed by atoms with Crippen molar-refractivity contribution in [2.45, 2.75) is 44.8 Å². The standard InChI is InChI=1S/C23H29ClN4O4S/c1-4-7-15-27(33(29,30)19-11-9-8-10-12-19)20-14-13-18(24)16-21(20)28-22(17-25-26-28)23(31-5-2)32-6-3/h8-14,16-17,23H,4-7,15H2,1-3H3. The molecule has 0 bridgehead atoms. The van der Waals surface area contributed by atoms with Crippen LogP contribution >= 0.6 is 11.6 Å². The van der Waals surface area contributed by atoms with E-state index in [9.17, 15) is 8.42 Å². The molecule has 0 atom stereocenters. The number of hydrogen-bond acceptors (Lipinski definition) is 6. The molecule has 178 valence electrons. The summed E-state index contributed by atoms with van der Waals surface area (Å²) >= 11 is 6.34. The highest BCUT2D eigenvalue weighted by Gasteiger charge is 2.29. The fourth-order valence-corrected chi connectivity index (χ4v) is 5.09. The van der Waals surface area contributed by atoms with Crippen molar-refractivity contribution in [2.24, 2.45) is 0 Å². The molecule has 1 heterocycles. The van der Waals surface area contributed by atoms with Crippen molar-refractivity contribution in [2.75, 3.05) is 24.1 Å². The first-order valence-corrected chi connectivity index (χ1v) is 12.8. The third-order valence-corrected chi connectivity index (χ3v) is 7.00. The van der Waals surface area contributed by atoms with Crippen molar-refractivity contribution in [1.29, 1.82) is 0 Å². The normalized spacial score (nSPS) is 11.8. The molecule has 3 aromatic rings. The van der Waals surface area contributed by atoms with Gasteiger partial charge in [-0.25, -0.2) is 13.1 Å². The summed E-state index contributed by atoms with van der Waals surface area (Å²) in [5, 5.41) is 8.69. The number of sulfonamides is 1. The Hall–Kier alpha value is -2.46. The van der Waals surface area contributed by atoms with Crippen LogP contribution in [0.3, 0.4) is 0 Å². The molecular formula is C23H29ClN4O4S. The van der Waals surface area contributed by atoms with E-state index >= 15 is 0 Å². The van der Waals surface area contributed by atoms with E-state index in [0.29, 0.717) is 48.3 Å². The quantitative estimate of drug-likeness (QED) is 0.331. The van der Waals surface area contributed by atoms with Crippen molar-refractivity contribution >= 4 is 27.3 Å². The molecule has 0 fully saturated rings. The van der Waals surface area contributed by atoms with Crippen molar-refractivity contribution in [1.82, 2.24) is 15.0 Å². The van der Waals surface area contributed by atoms with Crippen LogP contribution in [-0.4, -0.2) is 43.2 Å². The first kappa shape index (κ1) is 25.2. The average Bonchev–Trinajstić information content (AvgIpc) is 3.30. The number of rotatable bonds is 12. The number of aromatic nitrogens is 3. The number of benzene rings is 2. The summed E-state index contributed by atoms with van der Waals surface area (Å²) in [5.74, 6) is 0. The lowest BCUT2D eigenvalue weighted by Crippen LogP contribution is -2.33. The van der Waals surface area contributed by atoms with Crippen molar-refractivity contribution < 1.29 is 17.9 Å². The van der Waals surface area contributed by atoms with Gasteiger partial charge in [0.2, 0.25) is 6.29 Å². The zero-order chi connectivity index (χ0) is 23.8. The molecule has 1 aromatic heterocycles. The Bertz CT molecular complexity index is 1130. The van der Waals surface area contributed by atoms with Gasteiger partial charge in [0.25, 0.3) is 10.0 Å². The van der Waals surface area contributed by atoms with E-state index in [-0.39, 0.29) is 4.90 Å². The van der Waals surface area contributed by atoms with Crippen LogP contribution in [-0.2, 0) is 19.5 Å². The van der Waals surface area contributed by atoms with Crippen LogP contribution in [0, 0.1) is 0 Å². The summed E-state index contributed by atoms with van der Waals surface area (Å²) in [5.41, 5.74) is 1.44. The molecule has 3 rings (SSSR count). The van der Waals surface area contributed by atoms with E-state index in [0.717, 1.165) is 6.42 Å². The van der Waals surface area contributed by atoms with Gasteiger partial charge in [-0.1, -0.05) is 48.4 Å². The zero-order valence-electron chi connectivity index (χ0n) is 19.0. The van der Waals surface area contributed by atoms with E-state index in [4.69, 9.17) is 21.1 Å². The molecule has 0 spiro atoms. The van der Waals surface area contributed by atoms with Gasteiger partial charge < -0.3 is 9.47 Å². The molecule has 2 aromatic carbocycles. The maximum absolute atomic E-state index is 13.7. The van der Waals surface area contributed by atoms with Crippen molar-refractivity contribution in [3.05, 3.63) is 65.4 Å². The number of nitrogens with zero attached hydrogens (tertiary/aromatic N) is 4. The zero-order valence-corrected chi connectivity index (χ0v) is 20.6. The van der Waals surface area contributed by atoms with Gasteiger partial charge in [0.15, 0.2) is 0 Å². The number of hydrogen-bond donors (Lipinski definition) is 0. The molecule has 33 heavy (non-hydrogen) atoms. The lowest BCUT2D eigenvalue weighted by atomic mass is 10.2. The fraction of sp³-hybridized carbons (Fsp3) is 0.391. The lowest BCUT2D eigenvalue weighted by Gasteiger charge is -2.27. The van der Waals surface area contributed by atoms with E-state index in [2.05, 4.69) is 10.3 Å². The van der Waals surface area contributed by atoms with E-state index < -0.39 is 16.3 Å². The minimum absolute atomic E-state index is 0.210. The van der Waals surface area contributed by atoms with Gasteiger partial charge in [-0.15, -0.1) is 5.10 Å². The molecule has 0 unspecified atom stereocenters. The Labute approximate surface area is 200 Å². The van der Waals surface area contributed by atoms with Crippen molar-refractivity contribution in [3.63, 3.8) is 0 Å². The molecular weight excluding hydrogens is 464 g/mol. The van der Waals surface area contributed by atoms with Crippen LogP contribution in [0.15, 0.2) is 59.6 Å². The molecule has 0 aliphatic heterocycles. The Kier molecular flexibility index (Phi) is 8.85. The van der Waals surface area contributed by atoms with Crippen LogP contribution < -0.4 is 4.31 Å². The van der Waals surface area contributed by atoms with E-state index in [1.165, 1.54) is 8.99 Å². The first-order valence-electron chi connectivity index (χ1n) is 11.0. The number of ether oxygens (including phenoxy) is 2. The van der Waals surface area contributed by atoms with Gasteiger partial charge in [0, 0.05) is 24.8 Å². The summed E-state index contributed by atoms with van der Waals surface area (Å²) in [6.07, 6.45) is 2.34. The molecule has 0 radical (unpaired) electrons. The lowest BCUT2D eigenvalue weighted by molar-refractivity contribution is -0.143. The average molecular weight is 493 g/mol. The molecule has 8 nitrogen and oxygen atoms in total. The van der Waals surface area contributed by atoms with Gasteiger partial charge in [-0.05, 0) is 50.6 Å². The third-order valence-electron chi connectivity index (χ3n) is 4.93. The van der Waals surface area contributed by atoms with Crippen LogP contribution in [0.2, 0.25) is 5.02 Å². The molecule has 0 N–H and O–H groups in total. The maximum atomic E-state index is 13.7. The predicted octanol–water partition coefficient (Wildman–Crippen LogP) is 4.99. The summed E-state index contributed by atoms with van der Waals surface area (Å²) in [4.78, 5) is 0.210. The Balaban J connectivity index is 2.18. The second-order valence-electron chi connectivity index (χ2n) is 7.19. The SMILES string of the molecule is CCCCN(c1ccc(Cl)cc1-n1nncc1C(OCC)OCC)S(=O)(=O)c1ccccc1. The second-order valence-corrected chi connectivity index (χ2v) is 9.49. The van der Waals surface area contributed by atoms with Crippen LogP contribution in [0.5, 0.6) is 0 Å². The highest BCUT2D eigenvalue weighted by Crippen LogP contribution is 2.34. The maximum Gasteiger partial charge on any atom is 0.264 e. The van der Waals surface area contributed by atoms with Gasteiger partial charge >= 0.3 is 0 Å². The highest BCUT2D eigenvalue weighted by molar-refractivity contribution is 7.92. The van der Waals surface area contributed by atoms with Gasteiger partial charge in [-0.2, -0.15) is 0 Å². The monoisotopic (exact) mass is 492 g/mol. The predicted molar refractivity (Wildman–Crippen MR) is 128 cm³/mol. The van der Waals surface area contributed by atoms with Crippen LogP contribution in [0.25, 0.3) is 5.69 Å². The molecule has 0 aliphatic carbocycles. The molecule has 10 heteroatoms. The largest absolute Gasteiger partial charge is 0.347 e.